The first-order valence-corrected chi connectivity index (χ1v) is 11.5. The number of furan rings is 1. The fraction of sp³-hybridized carbons (Fsp3) is 0.269. The second-order valence-electron chi connectivity index (χ2n) is 8.43. The van der Waals surface area contributed by atoms with Crippen LogP contribution in [0, 0.1) is 6.92 Å². The van der Waals surface area contributed by atoms with Crippen molar-refractivity contribution in [1.29, 1.82) is 0 Å². The van der Waals surface area contributed by atoms with Crippen molar-refractivity contribution in [3.05, 3.63) is 92.9 Å². The molecule has 0 atom stereocenters. The molecule has 2 amide bonds. The summed E-state index contributed by atoms with van der Waals surface area (Å²) in [5.41, 5.74) is 7.79. The molecule has 0 unspecified atom stereocenters. The van der Waals surface area contributed by atoms with Crippen LogP contribution < -0.4 is 5.43 Å². The van der Waals surface area contributed by atoms with E-state index in [1.165, 1.54) is 11.1 Å². The van der Waals surface area contributed by atoms with Crippen LogP contribution in [0.15, 0.2) is 58.0 Å². The standard InChI is InChI=1S/C26H24ClN3O3/c1-16-23-21(28-29-25(31)19-9-4-5-10-20(19)27)11-6-12-22(23)33-24(16)26(32)30-14-13-17-7-2-3-8-18(17)15-30/h2-5,7-10H,6,11-15H2,1H3,(H,29,31)/b28-21+. The van der Waals surface area contributed by atoms with E-state index in [2.05, 4.69) is 22.7 Å². The van der Waals surface area contributed by atoms with Crippen molar-refractivity contribution in [1.82, 2.24) is 10.3 Å². The second-order valence-corrected chi connectivity index (χ2v) is 8.84. The van der Waals surface area contributed by atoms with Crippen LogP contribution in [0.4, 0.5) is 0 Å². The maximum atomic E-state index is 13.4. The van der Waals surface area contributed by atoms with Gasteiger partial charge in [0.15, 0.2) is 5.76 Å². The highest BCUT2D eigenvalue weighted by molar-refractivity contribution is 6.33. The van der Waals surface area contributed by atoms with Crippen LogP contribution in [0.25, 0.3) is 0 Å². The average Bonchev–Trinajstić information content (AvgIpc) is 3.19. The van der Waals surface area contributed by atoms with E-state index in [0.29, 0.717) is 35.9 Å². The molecule has 3 aromatic rings. The van der Waals surface area contributed by atoms with E-state index in [9.17, 15) is 9.59 Å². The Labute approximate surface area is 197 Å². The van der Waals surface area contributed by atoms with Gasteiger partial charge in [0.25, 0.3) is 11.8 Å². The molecule has 2 heterocycles. The minimum absolute atomic E-state index is 0.101. The van der Waals surface area contributed by atoms with E-state index in [4.69, 9.17) is 16.0 Å². The zero-order chi connectivity index (χ0) is 22.9. The van der Waals surface area contributed by atoms with E-state index in [0.717, 1.165) is 41.9 Å². The summed E-state index contributed by atoms with van der Waals surface area (Å²) in [7, 11) is 0. The van der Waals surface area contributed by atoms with E-state index in [1.54, 1.807) is 24.3 Å². The Morgan fingerprint density at radius 1 is 1.03 bits per heavy atom. The third-order valence-corrected chi connectivity index (χ3v) is 6.68. The van der Waals surface area contributed by atoms with Gasteiger partial charge in [0.05, 0.1) is 16.3 Å². The lowest BCUT2D eigenvalue weighted by Crippen LogP contribution is -2.36. The molecule has 0 saturated carbocycles. The number of hydrazone groups is 1. The number of nitrogens with one attached hydrogen (secondary N) is 1. The van der Waals surface area contributed by atoms with Crippen LogP contribution in [0.2, 0.25) is 5.02 Å². The van der Waals surface area contributed by atoms with Crippen molar-refractivity contribution < 1.29 is 14.0 Å². The third kappa shape index (κ3) is 4.07. The van der Waals surface area contributed by atoms with Crippen LogP contribution in [0.5, 0.6) is 0 Å². The zero-order valence-electron chi connectivity index (χ0n) is 18.4. The van der Waals surface area contributed by atoms with Gasteiger partial charge in [-0.05, 0) is 49.4 Å². The molecule has 0 spiro atoms. The van der Waals surface area contributed by atoms with Gasteiger partial charge in [0, 0.05) is 30.6 Å². The predicted molar refractivity (Wildman–Crippen MR) is 127 cm³/mol. The summed E-state index contributed by atoms with van der Waals surface area (Å²) in [4.78, 5) is 27.7. The molecule has 5 rings (SSSR count). The monoisotopic (exact) mass is 461 g/mol. The van der Waals surface area contributed by atoms with Crippen LogP contribution in [0.3, 0.4) is 0 Å². The quantitative estimate of drug-likeness (QED) is 0.563. The second kappa shape index (κ2) is 8.87. The molecule has 2 aromatic carbocycles. The zero-order valence-corrected chi connectivity index (χ0v) is 19.1. The molecular weight excluding hydrogens is 438 g/mol. The van der Waals surface area contributed by atoms with Gasteiger partial charge >= 0.3 is 0 Å². The number of amides is 2. The summed E-state index contributed by atoms with van der Waals surface area (Å²) >= 11 is 6.12. The highest BCUT2D eigenvalue weighted by Crippen LogP contribution is 2.31. The molecule has 6 nitrogen and oxygen atoms in total. The number of rotatable bonds is 3. The first-order valence-electron chi connectivity index (χ1n) is 11.1. The summed E-state index contributed by atoms with van der Waals surface area (Å²) in [6.07, 6.45) is 3.11. The number of benzene rings is 2. The van der Waals surface area contributed by atoms with Crippen molar-refractivity contribution in [2.45, 2.75) is 39.2 Å². The van der Waals surface area contributed by atoms with Crippen LogP contribution >= 0.6 is 11.6 Å². The van der Waals surface area contributed by atoms with Gasteiger partial charge in [-0.2, -0.15) is 5.10 Å². The highest BCUT2D eigenvalue weighted by atomic mass is 35.5. The number of nitrogens with zero attached hydrogens (tertiary/aromatic N) is 2. The van der Waals surface area contributed by atoms with Crippen molar-refractivity contribution >= 4 is 29.1 Å². The van der Waals surface area contributed by atoms with Crippen molar-refractivity contribution in [3.8, 4) is 0 Å². The van der Waals surface area contributed by atoms with Crippen LogP contribution in [-0.4, -0.2) is 29.0 Å². The summed E-state index contributed by atoms with van der Waals surface area (Å²) in [5.74, 6) is 0.650. The lowest BCUT2D eigenvalue weighted by Gasteiger charge is -2.28. The number of carbonyl (C=O) groups is 2. The molecule has 2 aliphatic rings. The first kappa shape index (κ1) is 21.5. The molecule has 168 valence electrons. The predicted octanol–water partition coefficient (Wildman–Crippen LogP) is 4.91. The van der Waals surface area contributed by atoms with Gasteiger partial charge in [0.1, 0.15) is 5.76 Å². The van der Waals surface area contributed by atoms with E-state index < -0.39 is 0 Å². The summed E-state index contributed by atoms with van der Waals surface area (Å²) in [6.45, 7) is 3.13. The van der Waals surface area contributed by atoms with Gasteiger partial charge in [-0.1, -0.05) is 48.0 Å². The molecule has 0 radical (unpaired) electrons. The lowest BCUT2D eigenvalue weighted by atomic mass is 9.93. The number of carbonyl (C=O) groups excluding carboxylic acids is 2. The normalized spacial score (nSPS) is 16.3. The molecule has 7 heteroatoms. The van der Waals surface area contributed by atoms with E-state index in [-0.39, 0.29) is 11.8 Å². The summed E-state index contributed by atoms with van der Waals surface area (Å²) < 4.78 is 6.07. The van der Waals surface area contributed by atoms with Gasteiger partial charge in [-0.3, -0.25) is 9.59 Å². The number of hydrogen-bond acceptors (Lipinski definition) is 4. The van der Waals surface area contributed by atoms with E-state index in [1.807, 2.05) is 24.0 Å². The topological polar surface area (TPSA) is 74.9 Å². The molecule has 1 aromatic heterocycles. The fourth-order valence-corrected chi connectivity index (χ4v) is 4.84. The summed E-state index contributed by atoms with van der Waals surface area (Å²) in [5, 5.41) is 4.76. The van der Waals surface area contributed by atoms with Crippen LogP contribution in [-0.2, 0) is 19.4 Å². The van der Waals surface area contributed by atoms with Crippen LogP contribution in [0.1, 0.15) is 61.8 Å². The lowest BCUT2D eigenvalue weighted by molar-refractivity contribution is 0.0699. The Morgan fingerprint density at radius 2 is 1.79 bits per heavy atom. The largest absolute Gasteiger partial charge is 0.455 e. The average molecular weight is 462 g/mol. The van der Waals surface area contributed by atoms with Crippen molar-refractivity contribution in [3.63, 3.8) is 0 Å². The number of hydrogen-bond donors (Lipinski definition) is 1. The van der Waals surface area contributed by atoms with Gasteiger partial charge < -0.3 is 9.32 Å². The summed E-state index contributed by atoms with van der Waals surface area (Å²) in [6, 6.07) is 15.1. The number of halogens is 1. The molecular formula is C26H24ClN3O3. The maximum absolute atomic E-state index is 13.4. The maximum Gasteiger partial charge on any atom is 0.290 e. The Morgan fingerprint density at radius 3 is 2.61 bits per heavy atom. The van der Waals surface area contributed by atoms with Crippen molar-refractivity contribution in [2.24, 2.45) is 5.10 Å². The van der Waals surface area contributed by atoms with E-state index >= 15 is 0 Å². The molecule has 1 aliphatic heterocycles. The van der Waals surface area contributed by atoms with Gasteiger partial charge in [0.2, 0.25) is 0 Å². The molecule has 1 N–H and O–H groups in total. The fourth-order valence-electron chi connectivity index (χ4n) is 4.62. The SMILES string of the molecule is Cc1c(C(=O)N2CCc3ccccc3C2)oc2c1/C(=N/NC(=O)c1ccccc1Cl)CCC2. The Kier molecular flexibility index (Phi) is 5.77. The molecule has 0 bridgehead atoms. The molecule has 1 aliphatic carbocycles. The molecule has 33 heavy (non-hydrogen) atoms. The van der Waals surface area contributed by atoms with Crippen molar-refractivity contribution in [2.75, 3.05) is 6.54 Å². The first-order chi connectivity index (χ1) is 16.0. The minimum atomic E-state index is -0.371. The molecule has 0 saturated heterocycles. The Hall–Kier alpha value is -3.38. The Bertz CT molecular complexity index is 1280. The molecule has 0 fully saturated rings. The third-order valence-electron chi connectivity index (χ3n) is 6.35. The Balaban J connectivity index is 1.39. The highest BCUT2D eigenvalue weighted by Gasteiger charge is 2.31. The number of fused-ring (bicyclic) bond motifs is 2. The smallest absolute Gasteiger partial charge is 0.290 e. The minimum Gasteiger partial charge on any atom is -0.455 e. The van der Waals surface area contributed by atoms with Gasteiger partial charge in [-0.15, -0.1) is 0 Å². The van der Waals surface area contributed by atoms with Gasteiger partial charge in [-0.25, -0.2) is 5.43 Å². The number of aryl methyl sites for hydroxylation is 1.